The summed E-state index contributed by atoms with van der Waals surface area (Å²) in [7, 11) is 0. The molecule has 0 aliphatic carbocycles. The van der Waals surface area contributed by atoms with Crippen molar-refractivity contribution in [3.8, 4) is 0 Å². The number of benzene rings is 2. The van der Waals surface area contributed by atoms with Crippen LogP contribution in [-0.4, -0.2) is 11.1 Å². The summed E-state index contributed by atoms with van der Waals surface area (Å²) in [4.78, 5) is 12.3. The van der Waals surface area contributed by atoms with Crippen LogP contribution in [0.2, 0.25) is 5.02 Å². The normalized spacial score (nSPS) is 10.5. The Hall–Kier alpha value is -2.59. The van der Waals surface area contributed by atoms with Crippen molar-refractivity contribution in [2.75, 3.05) is 0 Å². The zero-order valence-corrected chi connectivity index (χ0v) is 13.8. The number of halogens is 1. The van der Waals surface area contributed by atoms with Gasteiger partial charge in [-0.25, -0.2) is 0 Å². The van der Waals surface area contributed by atoms with Crippen molar-refractivity contribution < 1.29 is 9.32 Å². The highest BCUT2D eigenvalue weighted by Gasteiger charge is 2.16. The third-order valence-corrected chi connectivity index (χ3v) is 3.95. The van der Waals surface area contributed by atoms with E-state index in [9.17, 15) is 4.79 Å². The monoisotopic (exact) mass is 340 g/mol. The molecule has 0 bridgehead atoms. The van der Waals surface area contributed by atoms with Crippen LogP contribution in [0.1, 0.15) is 27.2 Å². The average Bonchev–Trinajstić information content (AvgIpc) is 3.07. The van der Waals surface area contributed by atoms with Gasteiger partial charge < -0.3 is 9.84 Å². The lowest BCUT2D eigenvalue weighted by Crippen LogP contribution is -2.23. The van der Waals surface area contributed by atoms with Crippen molar-refractivity contribution in [2.24, 2.45) is 0 Å². The Labute approximate surface area is 145 Å². The Morgan fingerprint density at radius 1 is 1.04 bits per heavy atom. The minimum absolute atomic E-state index is 0.179. The van der Waals surface area contributed by atoms with Crippen LogP contribution in [0.15, 0.2) is 65.3 Å². The quantitative estimate of drug-likeness (QED) is 0.736. The fourth-order valence-electron chi connectivity index (χ4n) is 2.45. The predicted molar refractivity (Wildman–Crippen MR) is 93.0 cm³/mol. The van der Waals surface area contributed by atoms with Crippen LogP contribution in [0, 0.1) is 0 Å². The van der Waals surface area contributed by atoms with E-state index in [1.807, 2.05) is 54.6 Å². The first-order chi connectivity index (χ1) is 11.7. The summed E-state index contributed by atoms with van der Waals surface area (Å²) in [6.45, 7) is 0.471. The Bertz CT molecular complexity index is 815. The zero-order chi connectivity index (χ0) is 16.8. The lowest BCUT2D eigenvalue weighted by atomic mass is 10.1. The van der Waals surface area contributed by atoms with E-state index in [0.717, 1.165) is 17.5 Å². The molecule has 0 saturated heterocycles. The molecule has 24 heavy (non-hydrogen) atoms. The van der Waals surface area contributed by atoms with Gasteiger partial charge in [-0.3, -0.25) is 4.79 Å². The number of nitrogens with one attached hydrogen (secondary N) is 1. The van der Waals surface area contributed by atoms with Gasteiger partial charge in [-0.2, -0.15) is 0 Å². The van der Waals surface area contributed by atoms with E-state index in [2.05, 4.69) is 10.5 Å². The number of rotatable bonds is 6. The van der Waals surface area contributed by atoms with E-state index in [1.165, 1.54) is 6.20 Å². The standard InChI is InChI=1S/C19H17ClN2O2/c20-16-8-4-7-14(11-16)9-10-18-17(13-22-24-18)19(23)21-12-15-5-2-1-3-6-15/h1-8,11,13H,9-10,12H2,(H,21,23). The second-order valence-electron chi connectivity index (χ2n) is 5.46. The largest absolute Gasteiger partial charge is 0.361 e. The molecule has 1 N–H and O–H groups in total. The third-order valence-electron chi connectivity index (χ3n) is 3.72. The highest BCUT2D eigenvalue weighted by molar-refractivity contribution is 6.30. The summed E-state index contributed by atoms with van der Waals surface area (Å²) < 4.78 is 5.25. The van der Waals surface area contributed by atoms with E-state index in [-0.39, 0.29) is 5.91 Å². The molecule has 0 aliphatic rings. The molecule has 1 heterocycles. The van der Waals surface area contributed by atoms with Crippen LogP contribution in [0.3, 0.4) is 0 Å². The molecule has 0 unspecified atom stereocenters. The highest BCUT2D eigenvalue weighted by Crippen LogP contribution is 2.15. The fraction of sp³-hybridized carbons (Fsp3) is 0.158. The third kappa shape index (κ3) is 4.24. The first-order valence-corrected chi connectivity index (χ1v) is 8.10. The van der Waals surface area contributed by atoms with Crippen LogP contribution >= 0.6 is 11.6 Å². The molecule has 0 saturated carbocycles. The molecule has 1 amide bonds. The molecule has 122 valence electrons. The van der Waals surface area contributed by atoms with Gasteiger partial charge >= 0.3 is 0 Å². The number of carbonyl (C=O) groups excluding carboxylic acids is 1. The van der Waals surface area contributed by atoms with Crippen molar-refractivity contribution in [3.05, 3.63) is 88.3 Å². The van der Waals surface area contributed by atoms with Gasteiger partial charge in [-0.15, -0.1) is 0 Å². The predicted octanol–water partition coefficient (Wildman–Crippen LogP) is 4.04. The Balaban J connectivity index is 1.61. The van der Waals surface area contributed by atoms with Gasteiger partial charge in [0, 0.05) is 18.0 Å². The Morgan fingerprint density at radius 3 is 2.62 bits per heavy atom. The zero-order valence-electron chi connectivity index (χ0n) is 13.0. The molecular formula is C19H17ClN2O2. The van der Waals surface area contributed by atoms with Crippen LogP contribution in [0.5, 0.6) is 0 Å². The van der Waals surface area contributed by atoms with Crippen molar-refractivity contribution in [2.45, 2.75) is 19.4 Å². The van der Waals surface area contributed by atoms with Crippen LogP contribution in [0.4, 0.5) is 0 Å². The molecule has 2 aromatic carbocycles. The molecule has 0 atom stereocenters. The lowest BCUT2D eigenvalue weighted by Gasteiger charge is -2.05. The van der Waals surface area contributed by atoms with E-state index >= 15 is 0 Å². The molecule has 3 aromatic rings. The summed E-state index contributed by atoms with van der Waals surface area (Å²) >= 11 is 5.99. The van der Waals surface area contributed by atoms with Crippen LogP contribution < -0.4 is 5.32 Å². The maximum Gasteiger partial charge on any atom is 0.256 e. The molecule has 0 spiro atoms. The van der Waals surface area contributed by atoms with Crippen molar-refractivity contribution in [3.63, 3.8) is 0 Å². The highest BCUT2D eigenvalue weighted by atomic mass is 35.5. The summed E-state index contributed by atoms with van der Waals surface area (Å²) in [6, 6.07) is 17.4. The molecule has 5 heteroatoms. The lowest BCUT2D eigenvalue weighted by molar-refractivity contribution is 0.0949. The van der Waals surface area contributed by atoms with Gasteiger partial charge in [0.1, 0.15) is 11.3 Å². The van der Waals surface area contributed by atoms with E-state index in [0.29, 0.717) is 29.3 Å². The van der Waals surface area contributed by atoms with Gasteiger partial charge in [0.25, 0.3) is 5.91 Å². The van der Waals surface area contributed by atoms with Gasteiger partial charge in [0.15, 0.2) is 0 Å². The second kappa shape index (κ2) is 7.79. The Morgan fingerprint density at radius 2 is 1.83 bits per heavy atom. The second-order valence-corrected chi connectivity index (χ2v) is 5.90. The minimum Gasteiger partial charge on any atom is -0.361 e. The van der Waals surface area contributed by atoms with Gasteiger partial charge in [-0.05, 0) is 29.7 Å². The average molecular weight is 341 g/mol. The first-order valence-electron chi connectivity index (χ1n) is 7.72. The number of amides is 1. The minimum atomic E-state index is -0.179. The maximum atomic E-state index is 12.3. The SMILES string of the molecule is O=C(NCc1ccccc1)c1cnoc1CCc1cccc(Cl)c1. The Kier molecular flexibility index (Phi) is 5.29. The van der Waals surface area contributed by atoms with Crippen molar-refractivity contribution >= 4 is 17.5 Å². The molecular weight excluding hydrogens is 324 g/mol. The van der Waals surface area contributed by atoms with Gasteiger partial charge in [0.2, 0.25) is 0 Å². The van der Waals surface area contributed by atoms with Gasteiger partial charge in [-0.1, -0.05) is 59.2 Å². The summed E-state index contributed by atoms with van der Waals surface area (Å²) in [5.74, 6) is 0.404. The van der Waals surface area contributed by atoms with Crippen LogP contribution in [-0.2, 0) is 19.4 Å². The number of nitrogens with zero attached hydrogens (tertiary/aromatic N) is 1. The molecule has 4 nitrogen and oxygen atoms in total. The summed E-state index contributed by atoms with van der Waals surface area (Å²) in [6.07, 6.45) is 2.79. The van der Waals surface area contributed by atoms with Crippen LogP contribution in [0.25, 0.3) is 0 Å². The number of carbonyl (C=O) groups is 1. The maximum absolute atomic E-state index is 12.3. The van der Waals surface area contributed by atoms with Gasteiger partial charge in [0.05, 0.1) is 6.20 Å². The molecule has 0 fully saturated rings. The number of aryl methyl sites for hydroxylation is 2. The number of aromatic nitrogens is 1. The molecule has 1 aromatic heterocycles. The first kappa shape index (κ1) is 16.3. The smallest absolute Gasteiger partial charge is 0.256 e. The van der Waals surface area contributed by atoms with Crippen molar-refractivity contribution in [1.82, 2.24) is 10.5 Å². The fourth-order valence-corrected chi connectivity index (χ4v) is 2.67. The molecule has 3 rings (SSSR count). The van der Waals surface area contributed by atoms with E-state index in [4.69, 9.17) is 16.1 Å². The van der Waals surface area contributed by atoms with Crippen molar-refractivity contribution in [1.29, 1.82) is 0 Å². The van der Waals surface area contributed by atoms with E-state index in [1.54, 1.807) is 0 Å². The summed E-state index contributed by atoms with van der Waals surface area (Å²) in [5, 5.41) is 7.36. The number of hydrogen-bond acceptors (Lipinski definition) is 3. The van der Waals surface area contributed by atoms with E-state index < -0.39 is 0 Å². The molecule has 0 radical (unpaired) electrons. The molecule has 0 aliphatic heterocycles. The number of hydrogen-bond donors (Lipinski definition) is 1. The topological polar surface area (TPSA) is 55.1 Å². The summed E-state index contributed by atoms with van der Waals surface area (Å²) in [5.41, 5.74) is 2.62.